The van der Waals surface area contributed by atoms with Gasteiger partial charge < -0.3 is 9.53 Å². The molecule has 1 aliphatic heterocycles. The van der Waals surface area contributed by atoms with Crippen LogP contribution in [-0.2, 0) is 14.3 Å². The molecule has 3 fully saturated rings. The van der Waals surface area contributed by atoms with Crippen LogP contribution in [0.25, 0.3) is 0 Å². The van der Waals surface area contributed by atoms with Crippen molar-refractivity contribution in [3.05, 3.63) is 12.2 Å². The van der Waals surface area contributed by atoms with Crippen LogP contribution in [0.15, 0.2) is 12.2 Å². The molecule has 0 radical (unpaired) electrons. The van der Waals surface area contributed by atoms with Crippen LogP contribution in [-0.4, -0.2) is 17.9 Å². The molecule has 5 atom stereocenters. The molecule has 98 valence electrons. The van der Waals surface area contributed by atoms with Crippen LogP contribution in [0.3, 0.4) is 0 Å². The number of carbonyl (C=O) groups is 2. The van der Waals surface area contributed by atoms with Crippen molar-refractivity contribution in [3.8, 4) is 0 Å². The number of hydrogen-bond acceptors (Lipinski definition) is 3. The molecular formula is C15H20O3. The second-order valence-corrected chi connectivity index (χ2v) is 6.47. The Bertz CT molecular complexity index is 439. The summed E-state index contributed by atoms with van der Waals surface area (Å²) in [6, 6.07) is 0. The van der Waals surface area contributed by atoms with E-state index >= 15 is 0 Å². The second-order valence-electron chi connectivity index (χ2n) is 6.47. The molecule has 3 rings (SSSR count). The highest BCUT2D eigenvalue weighted by atomic mass is 16.6. The van der Waals surface area contributed by atoms with Gasteiger partial charge in [-0.05, 0) is 43.4 Å². The van der Waals surface area contributed by atoms with Gasteiger partial charge in [-0.15, -0.1) is 0 Å². The Balaban J connectivity index is 1.69. The van der Waals surface area contributed by atoms with Crippen molar-refractivity contribution in [2.75, 3.05) is 0 Å². The molecule has 2 saturated carbocycles. The molecule has 0 aromatic carbocycles. The molecule has 3 nitrogen and oxygen atoms in total. The van der Waals surface area contributed by atoms with Crippen molar-refractivity contribution >= 4 is 11.8 Å². The quantitative estimate of drug-likeness (QED) is 0.569. The molecule has 3 heteroatoms. The van der Waals surface area contributed by atoms with E-state index in [0.29, 0.717) is 29.2 Å². The first-order chi connectivity index (χ1) is 8.43. The maximum Gasteiger partial charge on any atom is 0.334 e. The first-order valence-corrected chi connectivity index (χ1v) is 6.82. The van der Waals surface area contributed by atoms with E-state index in [1.165, 1.54) is 0 Å². The maximum atomic E-state index is 11.5. The second kappa shape index (κ2) is 3.69. The Kier molecular flexibility index (Phi) is 2.45. The number of carbonyl (C=O) groups excluding carboxylic acids is 2. The lowest BCUT2D eigenvalue weighted by Crippen LogP contribution is -2.26. The van der Waals surface area contributed by atoms with E-state index in [2.05, 4.69) is 13.5 Å². The summed E-state index contributed by atoms with van der Waals surface area (Å²) in [5, 5.41) is 0. The van der Waals surface area contributed by atoms with Gasteiger partial charge in [-0.3, -0.25) is 0 Å². The van der Waals surface area contributed by atoms with Gasteiger partial charge in [0.2, 0.25) is 0 Å². The zero-order valence-corrected chi connectivity index (χ0v) is 11.1. The number of ketones is 1. The summed E-state index contributed by atoms with van der Waals surface area (Å²) in [7, 11) is 0. The van der Waals surface area contributed by atoms with E-state index in [9.17, 15) is 9.59 Å². The fraction of sp³-hybridized carbons (Fsp3) is 0.733. The van der Waals surface area contributed by atoms with Gasteiger partial charge in [0.05, 0.1) is 0 Å². The van der Waals surface area contributed by atoms with E-state index in [1.807, 2.05) is 0 Å². The summed E-state index contributed by atoms with van der Waals surface area (Å²) >= 11 is 0. The molecule has 1 saturated heterocycles. The van der Waals surface area contributed by atoms with Crippen LogP contribution in [0.2, 0.25) is 0 Å². The highest BCUT2D eigenvalue weighted by Crippen LogP contribution is 2.70. The van der Waals surface area contributed by atoms with Gasteiger partial charge in [0.1, 0.15) is 11.9 Å². The number of hydrogen-bond donors (Lipinski definition) is 0. The molecule has 0 bridgehead atoms. The lowest BCUT2D eigenvalue weighted by molar-refractivity contribution is -0.140. The largest absolute Gasteiger partial charge is 0.458 e. The predicted molar refractivity (Wildman–Crippen MR) is 66.7 cm³/mol. The first-order valence-electron chi connectivity index (χ1n) is 6.82. The number of ether oxygens (including phenoxy) is 1. The number of fused-ring (bicyclic) bond motifs is 2. The maximum absolute atomic E-state index is 11.5. The fourth-order valence-corrected chi connectivity index (χ4v) is 4.25. The lowest BCUT2D eigenvalue weighted by Gasteiger charge is -2.27. The molecule has 0 unspecified atom stereocenters. The highest BCUT2D eigenvalue weighted by molar-refractivity contribution is 5.90. The van der Waals surface area contributed by atoms with Crippen molar-refractivity contribution in [3.63, 3.8) is 0 Å². The minimum Gasteiger partial charge on any atom is -0.458 e. The Hall–Kier alpha value is -1.12. The molecule has 3 aliphatic rings. The van der Waals surface area contributed by atoms with Crippen molar-refractivity contribution < 1.29 is 14.3 Å². The number of rotatable bonds is 3. The fourth-order valence-electron chi connectivity index (χ4n) is 4.25. The zero-order valence-electron chi connectivity index (χ0n) is 11.1. The third-order valence-electron chi connectivity index (χ3n) is 5.44. The summed E-state index contributed by atoms with van der Waals surface area (Å²) in [5.41, 5.74) is 0.959. The molecular weight excluding hydrogens is 228 g/mol. The van der Waals surface area contributed by atoms with Crippen LogP contribution in [0, 0.1) is 23.2 Å². The molecule has 0 amide bonds. The first kappa shape index (κ1) is 11.9. The molecule has 2 aliphatic carbocycles. The molecule has 1 heterocycles. The zero-order chi connectivity index (χ0) is 13.1. The minimum absolute atomic E-state index is 0.0496. The normalized spacial score (nSPS) is 45.2. The standard InChI is InChI=1S/C15H20O3/c1-8(16)4-5-11-12-6-10-9(2)14(17)18-13(10)7-15(11,12)3/h10-13H,2,4-7H2,1,3H3/t10-,11-,12+,13-,15-/m1/s1. The average Bonchev–Trinajstić information content (AvgIpc) is 2.77. The van der Waals surface area contributed by atoms with Gasteiger partial charge in [-0.25, -0.2) is 4.79 Å². The summed E-state index contributed by atoms with van der Waals surface area (Å²) in [6.45, 7) is 7.81. The summed E-state index contributed by atoms with van der Waals surface area (Å²) < 4.78 is 5.41. The van der Waals surface area contributed by atoms with Crippen LogP contribution < -0.4 is 0 Å². The van der Waals surface area contributed by atoms with E-state index in [1.54, 1.807) is 6.92 Å². The Labute approximate surface area is 108 Å². The van der Waals surface area contributed by atoms with Crippen LogP contribution in [0.4, 0.5) is 0 Å². The van der Waals surface area contributed by atoms with E-state index < -0.39 is 0 Å². The van der Waals surface area contributed by atoms with Crippen LogP contribution in [0.1, 0.15) is 39.5 Å². The van der Waals surface area contributed by atoms with Crippen molar-refractivity contribution in [2.45, 2.75) is 45.6 Å². The van der Waals surface area contributed by atoms with Gasteiger partial charge >= 0.3 is 5.97 Å². The van der Waals surface area contributed by atoms with Gasteiger partial charge in [0.15, 0.2) is 0 Å². The van der Waals surface area contributed by atoms with E-state index in [4.69, 9.17) is 4.74 Å². The lowest BCUT2D eigenvalue weighted by atomic mass is 9.79. The minimum atomic E-state index is -0.199. The topological polar surface area (TPSA) is 43.4 Å². The molecule has 0 spiro atoms. The third-order valence-corrected chi connectivity index (χ3v) is 5.44. The predicted octanol–water partition coefficient (Wildman–Crippen LogP) is 2.50. The van der Waals surface area contributed by atoms with Crippen molar-refractivity contribution in [1.82, 2.24) is 0 Å². The smallest absolute Gasteiger partial charge is 0.334 e. The Morgan fingerprint density at radius 2 is 2.28 bits per heavy atom. The monoisotopic (exact) mass is 248 g/mol. The molecule has 0 aromatic heterocycles. The van der Waals surface area contributed by atoms with Crippen molar-refractivity contribution in [2.24, 2.45) is 23.2 Å². The molecule has 0 N–H and O–H groups in total. The van der Waals surface area contributed by atoms with Gasteiger partial charge in [-0.1, -0.05) is 13.5 Å². The van der Waals surface area contributed by atoms with E-state index in [0.717, 1.165) is 19.3 Å². The third kappa shape index (κ3) is 1.56. The number of Topliss-reactive ketones (excluding diaryl/α,β-unsaturated/α-hetero) is 1. The Morgan fingerprint density at radius 1 is 1.56 bits per heavy atom. The SMILES string of the molecule is C=C1C(=O)O[C@@H]2C[C@]3(C)[C@H](CCC(C)=O)[C@@H]3C[C@H]12. The molecule has 0 aromatic rings. The summed E-state index contributed by atoms with van der Waals surface area (Å²) in [5.74, 6) is 1.61. The van der Waals surface area contributed by atoms with Gasteiger partial charge in [0.25, 0.3) is 0 Å². The van der Waals surface area contributed by atoms with Gasteiger partial charge in [-0.2, -0.15) is 0 Å². The van der Waals surface area contributed by atoms with Crippen LogP contribution >= 0.6 is 0 Å². The van der Waals surface area contributed by atoms with Crippen LogP contribution in [0.5, 0.6) is 0 Å². The van der Waals surface area contributed by atoms with E-state index in [-0.39, 0.29) is 23.8 Å². The van der Waals surface area contributed by atoms with Gasteiger partial charge in [0, 0.05) is 17.9 Å². The summed E-state index contributed by atoms with van der Waals surface area (Å²) in [4.78, 5) is 22.6. The molecule has 18 heavy (non-hydrogen) atoms. The average molecular weight is 248 g/mol. The highest BCUT2D eigenvalue weighted by Gasteiger charge is 2.66. The summed E-state index contributed by atoms with van der Waals surface area (Å²) in [6.07, 6.45) is 3.71. The van der Waals surface area contributed by atoms with Crippen molar-refractivity contribution in [1.29, 1.82) is 0 Å². The Morgan fingerprint density at radius 3 is 2.94 bits per heavy atom. The number of esters is 1.